The van der Waals surface area contributed by atoms with Crippen LogP contribution in [0.1, 0.15) is 35.5 Å². The van der Waals surface area contributed by atoms with E-state index in [0.29, 0.717) is 30.2 Å². The second-order valence-corrected chi connectivity index (χ2v) is 14.9. The molecule has 2 aliphatic heterocycles. The van der Waals surface area contributed by atoms with Crippen molar-refractivity contribution < 1.29 is 10.2 Å². The summed E-state index contributed by atoms with van der Waals surface area (Å²) in [7, 11) is 0. The highest BCUT2D eigenvalue weighted by Gasteiger charge is 2.36. The van der Waals surface area contributed by atoms with Gasteiger partial charge in [0, 0.05) is 22.0 Å². The zero-order valence-electron chi connectivity index (χ0n) is 16.7. The third kappa shape index (κ3) is 5.72. The zero-order valence-corrected chi connectivity index (χ0v) is 21.6. The lowest BCUT2D eigenvalue weighted by molar-refractivity contribution is 0.197. The van der Waals surface area contributed by atoms with Crippen LogP contribution in [-0.4, -0.2) is 66.1 Å². The van der Waals surface area contributed by atoms with Gasteiger partial charge in [-0.2, -0.15) is 23.5 Å². The number of aliphatic hydroxyl groups is 2. The van der Waals surface area contributed by atoms with Crippen molar-refractivity contribution in [1.29, 1.82) is 0 Å². The van der Waals surface area contributed by atoms with Gasteiger partial charge in [0.05, 0.1) is 31.9 Å². The van der Waals surface area contributed by atoms with Gasteiger partial charge in [0.25, 0.3) is 0 Å². The van der Waals surface area contributed by atoms with Crippen molar-refractivity contribution in [3.63, 3.8) is 0 Å². The summed E-state index contributed by atoms with van der Waals surface area (Å²) in [6.45, 7) is 3.82. The fraction of sp³-hybridized carbons (Fsp3) is 0.700. The molecule has 2 N–H and O–H groups in total. The summed E-state index contributed by atoms with van der Waals surface area (Å²) in [6, 6.07) is 9.25. The number of benzene rings is 1. The highest BCUT2D eigenvalue weighted by molar-refractivity contribution is 8.22. The van der Waals surface area contributed by atoms with E-state index in [1.54, 1.807) is 0 Å². The first kappa shape index (κ1) is 23.9. The van der Waals surface area contributed by atoms with Crippen molar-refractivity contribution in [3.05, 3.63) is 35.4 Å². The van der Waals surface area contributed by atoms with Crippen molar-refractivity contribution in [2.24, 2.45) is 0 Å². The molecular weight excluding hydrogens is 465 g/mol. The van der Waals surface area contributed by atoms with Gasteiger partial charge >= 0.3 is 0 Å². The molecule has 0 spiro atoms. The Balaban J connectivity index is 1.68. The molecule has 28 heavy (non-hydrogen) atoms. The van der Waals surface area contributed by atoms with E-state index in [1.807, 2.05) is 84.4 Å². The maximum atomic E-state index is 9.91. The minimum absolute atomic E-state index is 0.235. The Bertz CT molecular complexity index is 558. The van der Waals surface area contributed by atoms with Gasteiger partial charge in [0.2, 0.25) is 0 Å². The molecule has 8 heteroatoms. The third-order valence-corrected chi connectivity index (χ3v) is 15.0. The molecule has 3 rings (SSSR count). The summed E-state index contributed by atoms with van der Waals surface area (Å²) in [5.74, 6) is 2.08. The normalized spacial score (nSPS) is 32.2. The molecule has 0 saturated carbocycles. The molecule has 0 amide bonds. The first-order chi connectivity index (χ1) is 13.4. The monoisotopic (exact) mass is 494 g/mol. The highest BCUT2D eigenvalue weighted by Crippen LogP contribution is 2.52. The molecule has 158 valence electrons. The molecule has 8 atom stereocenters. The zero-order chi connectivity index (χ0) is 20.3. The average Bonchev–Trinajstić information content (AvgIpc) is 3.34. The predicted molar refractivity (Wildman–Crippen MR) is 138 cm³/mol. The molecule has 2 saturated heterocycles. The SMILES string of the molecule is CSC(c1ccc(C(SC)C2SCC(C(C)O)S2)cc1)C1SCC(C(C)O)S1. The van der Waals surface area contributed by atoms with E-state index >= 15 is 0 Å². The topological polar surface area (TPSA) is 40.5 Å². The summed E-state index contributed by atoms with van der Waals surface area (Å²) >= 11 is 11.7. The van der Waals surface area contributed by atoms with Crippen molar-refractivity contribution in [3.8, 4) is 0 Å². The lowest BCUT2D eigenvalue weighted by atomic mass is 10.1. The number of hydrogen-bond donors (Lipinski definition) is 2. The van der Waals surface area contributed by atoms with E-state index in [-0.39, 0.29) is 12.2 Å². The van der Waals surface area contributed by atoms with Crippen molar-refractivity contribution in [1.82, 2.24) is 0 Å². The van der Waals surface area contributed by atoms with Crippen LogP contribution in [0.2, 0.25) is 0 Å². The standard InChI is InChI=1S/C20H30O2S6/c1-11(21)15-9-25-19(27-15)17(23-3)13-5-7-14(8-6-13)18(24-4)20-26-10-16(28-20)12(2)22/h5-8,11-12,15-22H,9-10H2,1-4H3. The quantitative estimate of drug-likeness (QED) is 0.483. The number of aliphatic hydroxyl groups excluding tert-OH is 2. The van der Waals surface area contributed by atoms with Crippen LogP contribution in [-0.2, 0) is 0 Å². The van der Waals surface area contributed by atoms with Crippen LogP contribution >= 0.6 is 70.6 Å². The largest absolute Gasteiger partial charge is 0.392 e. The Morgan fingerprint density at radius 2 is 1.14 bits per heavy atom. The second kappa shape index (κ2) is 11.2. The molecule has 0 bridgehead atoms. The fourth-order valence-electron chi connectivity index (χ4n) is 3.39. The Morgan fingerprint density at radius 3 is 1.39 bits per heavy atom. The summed E-state index contributed by atoms with van der Waals surface area (Å²) in [6.07, 6.45) is 3.92. The molecule has 2 aliphatic rings. The van der Waals surface area contributed by atoms with E-state index in [4.69, 9.17) is 0 Å². The maximum Gasteiger partial charge on any atom is 0.0666 e. The molecule has 0 aliphatic carbocycles. The lowest BCUT2D eigenvalue weighted by Gasteiger charge is -2.24. The smallest absolute Gasteiger partial charge is 0.0666 e. The predicted octanol–water partition coefficient (Wildman–Crippen LogP) is 5.61. The minimum Gasteiger partial charge on any atom is -0.392 e. The lowest BCUT2D eigenvalue weighted by Crippen LogP contribution is -2.19. The van der Waals surface area contributed by atoms with Crippen molar-refractivity contribution in [2.75, 3.05) is 24.0 Å². The molecule has 2 nitrogen and oxygen atoms in total. The average molecular weight is 495 g/mol. The Hall–Kier alpha value is 1.24. The molecule has 2 heterocycles. The van der Waals surface area contributed by atoms with Crippen molar-refractivity contribution >= 4 is 70.6 Å². The first-order valence-corrected chi connectivity index (χ1v) is 16.1. The number of rotatable bonds is 8. The molecule has 8 unspecified atom stereocenters. The van der Waals surface area contributed by atoms with Crippen molar-refractivity contribution in [2.45, 2.75) is 56.2 Å². The van der Waals surface area contributed by atoms with Crippen LogP contribution < -0.4 is 0 Å². The highest BCUT2D eigenvalue weighted by atomic mass is 32.2. The number of hydrogen-bond acceptors (Lipinski definition) is 8. The van der Waals surface area contributed by atoms with Gasteiger partial charge in [0.1, 0.15) is 0 Å². The van der Waals surface area contributed by atoms with Gasteiger partial charge in [0.15, 0.2) is 0 Å². The van der Waals surface area contributed by atoms with Gasteiger partial charge in [-0.15, -0.1) is 47.0 Å². The van der Waals surface area contributed by atoms with Gasteiger partial charge in [-0.1, -0.05) is 24.3 Å². The van der Waals surface area contributed by atoms with E-state index in [0.717, 1.165) is 11.5 Å². The first-order valence-electron chi connectivity index (χ1n) is 9.50. The van der Waals surface area contributed by atoms with Crippen LogP contribution in [0.25, 0.3) is 0 Å². The Kier molecular flexibility index (Phi) is 9.56. The van der Waals surface area contributed by atoms with E-state index in [9.17, 15) is 10.2 Å². The number of thioether (sulfide) groups is 6. The summed E-state index contributed by atoms with van der Waals surface area (Å²) in [4.78, 5) is 0. The Labute approximate surface area is 195 Å². The van der Waals surface area contributed by atoms with Crippen LogP contribution in [0.4, 0.5) is 0 Å². The van der Waals surface area contributed by atoms with Gasteiger partial charge < -0.3 is 10.2 Å². The molecule has 1 aromatic rings. The maximum absolute atomic E-state index is 9.91. The van der Waals surface area contributed by atoms with Gasteiger partial charge in [-0.05, 0) is 37.5 Å². The minimum atomic E-state index is -0.235. The third-order valence-electron chi connectivity index (χ3n) is 5.14. The molecule has 1 aromatic carbocycles. The van der Waals surface area contributed by atoms with Crippen LogP contribution in [0, 0.1) is 0 Å². The van der Waals surface area contributed by atoms with E-state index in [2.05, 4.69) is 36.8 Å². The van der Waals surface area contributed by atoms with Crippen LogP contribution in [0.5, 0.6) is 0 Å². The molecule has 0 radical (unpaired) electrons. The Morgan fingerprint density at radius 1 is 0.786 bits per heavy atom. The molecule has 2 fully saturated rings. The van der Waals surface area contributed by atoms with Gasteiger partial charge in [-0.3, -0.25) is 0 Å². The molecule has 0 aromatic heterocycles. The molecular formula is C20H30O2S6. The van der Waals surface area contributed by atoms with E-state index in [1.165, 1.54) is 11.1 Å². The summed E-state index contributed by atoms with van der Waals surface area (Å²) < 4.78 is 1.01. The second-order valence-electron chi connectivity index (χ2n) is 7.21. The fourth-order valence-corrected chi connectivity index (χ4v) is 13.7. The van der Waals surface area contributed by atoms with Crippen LogP contribution in [0.15, 0.2) is 24.3 Å². The summed E-state index contributed by atoms with van der Waals surface area (Å²) in [5.41, 5.74) is 2.78. The van der Waals surface area contributed by atoms with Gasteiger partial charge in [-0.25, -0.2) is 0 Å². The van der Waals surface area contributed by atoms with E-state index < -0.39 is 0 Å². The van der Waals surface area contributed by atoms with Crippen LogP contribution in [0.3, 0.4) is 0 Å². The summed E-state index contributed by atoms with van der Waals surface area (Å²) in [5, 5.41) is 21.4.